The van der Waals surface area contributed by atoms with E-state index in [0.717, 1.165) is 24.3 Å². The van der Waals surface area contributed by atoms with Gasteiger partial charge in [0.15, 0.2) is 23.4 Å². The van der Waals surface area contributed by atoms with Crippen LogP contribution in [0.1, 0.15) is 37.3 Å². The maximum absolute atomic E-state index is 12.3. The number of aryl methyl sites for hydroxylation is 1. The summed E-state index contributed by atoms with van der Waals surface area (Å²) in [6.45, 7) is 2.22. The monoisotopic (exact) mass is 258 g/mol. The molecule has 1 aliphatic heterocycles. The highest BCUT2D eigenvalue weighted by Gasteiger charge is 2.58. The molecule has 0 spiro atoms. The van der Waals surface area contributed by atoms with Crippen LogP contribution in [0.4, 0.5) is 0 Å². The summed E-state index contributed by atoms with van der Waals surface area (Å²) in [5.41, 5.74) is 2.46. The lowest BCUT2D eigenvalue weighted by atomic mass is 9.57. The number of Topliss-reactive ketones (excluding diaryl/α,β-unsaturated/α-hetero) is 1. The zero-order chi connectivity index (χ0) is 13.2. The van der Waals surface area contributed by atoms with Gasteiger partial charge in [0.2, 0.25) is 0 Å². The van der Waals surface area contributed by atoms with E-state index in [9.17, 15) is 4.79 Å². The standard InChI is InChI=1S/C16H18O3/c1-16-10-5-3-9-4-8-12(18-2)14(13(9)16)19-15(16)11(17)7-6-10/h4,8,10,15H,3,5-7H2,1-2H3/t10-,15?,16?/m0/s1. The number of methoxy groups -OCH3 is 1. The summed E-state index contributed by atoms with van der Waals surface area (Å²) in [4.78, 5) is 12.3. The van der Waals surface area contributed by atoms with Crippen LogP contribution in [-0.4, -0.2) is 19.0 Å². The van der Waals surface area contributed by atoms with Gasteiger partial charge in [-0.2, -0.15) is 0 Å². The predicted molar refractivity (Wildman–Crippen MR) is 70.8 cm³/mol. The van der Waals surface area contributed by atoms with Gasteiger partial charge in [-0.15, -0.1) is 0 Å². The Hall–Kier alpha value is -1.51. The lowest BCUT2D eigenvalue weighted by Gasteiger charge is -2.44. The van der Waals surface area contributed by atoms with Crippen LogP contribution in [0, 0.1) is 5.92 Å². The number of ketones is 1. The molecule has 0 amide bonds. The van der Waals surface area contributed by atoms with Gasteiger partial charge in [0.05, 0.1) is 7.11 Å². The first kappa shape index (κ1) is 11.3. The van der Waals surface area contributed by atoms with Crippen molar-refractivity contribution in [3.05, 3.63) is 23.3 Å². The fraction of sp³-hybridized carbons (Fsp3) is 0.562. The highest BCUT2D eigenvalue weighted by atomic mass is 16.5. The Kier molecular flexibility index (Phi) is 2.10. The van der Waals surface area contributed by atoms with Crippen molar-refractivity contribution < 1.29 is 14.3 Å². The lowest BCUT2D eigenvalue weighted by Crippen LogP contribution is -2.52. The molecular weight excluding hydrogens is 240 g/mol. The van der Waals surface area contributed by atoms with Crippen molar-refractivity contribution in [2.24, 2.45) is 5.92 Å². The van der Waals surface area contributed by atoms with Crippen LogP contribution in [-0.2, 0) is 16.6 Å². The van der Waals surface area contributed by atoms with E-state index in [1.807, 2.05) is 6.07 Å². The predicted octanol–water partition coefficient (Wildman–Crippen LogP) is 2.64. The maximum atomic E-state index is 12.3. The molecule has 1 aromatic rings. The molecule has 2 unspecified atom stereocenters. The third-order valence-electron chi connectivity index (χ3n) is 5.39. The summed E-state index contributed by atoms with van der Waals surface area (Å²) in [7, 11) is 1.66. The van der Waals surface area contributed by atoms with E-state index in [-0.39, 0.29) is 17.3 Å². The van der Waals surface area contributed by atoms with E-state index in [0.29, 0.717) is 12.3 Å². The second kappa shape index (κ2) is 3.53. The lowest BCUT2D eigenvalue weighted by molar-refractivity contribution is -0.132. The van der Waals surface area contributed by atoms with E-state index >= 15 is 0 Å². The molecule has 0 saturated heterocycles. The molecule has 3 heteroatoms. The Morgan fingerprint density at radius 3 is 2.89 bits per heavy atom. The van der Waals surface area contributed by atoms with Crippen LogP contribution in [0.15, 0.2) is 12.1 Å². The summed E-state index contributed by atoms with van der Waals surface area (Å²) < 4.78 is 11.5. The molecule has 1 saturated carbocycles. The third kappa shape index (κ3) is 1.21. The van der Waals surface area contributed by atoms with E-state index < -0.39 is 0 Å². The Balaban J connectivity index is 2.00. The van der Waals surface area contributed by atoms with Gasteiger partial charge in [-0.05, 0) is 36.8 Å². The number of carbonyl (C=O) groups excluding carboxylic acids is 1. The Labute approximate surface area is 112 Å². The van der Waals surface area contributed by atoms with Crippen LogP contribution in [0.25, 0.3) is 0 Å². The molecule has 3 aliphatic rings. The van der Waals surface area contributed by atoms with Gasteiger partial charge in [-0.1, -0.05) is 13.0 Å². The average molecular weight is 258 g/mol. The molecule has 1 aromatic carbocycles. The topological polar surface area (TPSA) is 35.5 Å². The minimum absolute atomic E-state index is 0.132. The highest BCUT2D eigenvalue weighted by molar-refractivity contribution is 5.88. The smallest absolute Gasteiger partial charge is 0.174 e. The zero-order valence-corrected chi connectivity index (χ0v) is 11.4. The zero-order valence-electron chi connectivity index (χ0n) is 11.4. The van der Waals surface area contributed by atoms with Gasteiger partial charge in [0.1, 0.15) is 0 Å². The van der Waals surface area contributed by atoms with Gasteiger partial charge >= 0.3 is 0 Å². The average Bonchev–Trinajstić information content (AvgIpc) is 2.74. The molecule has 0 bridgehead atoms. The van der Waals surface area contributed by atoms with E-state index in [4.69, 9.17) is 9.47 Å². The molecule has 3 nitrogen and oxygen atoms in total. The van der Waals surface area contributed by atoms with Crippen molar-refractivity contribution in [3.63, 3.8) is 0 Å². The Bertz CT molecular complexity index is 578. The number of hydrogen-bond acceptors (Lipinski definition) is 3. The van der Waals surface area contributed by atoms with Crippen LogP contribution in [0.2, 0.25) is 0 Å². The summed E-state index contributed by atoms with van der Waals surface area (Å²) in [5.74, 6) is 2.41. The summed E-state index contributed by atoms with van der Waals surface area (Å²) in [5, 5.41) is 0. The SMILES string of the molecule is COc1ccc2c3c1OC1C(=O)CC[C@H](CC2)C31C. The fourth-order valence-electron chi connectivity index (χ4n) is 4.39. The second-order valence-corrected chi connectivity index (χ2v) is 6.15. The van der Waals surface area contributed by atoms with Crippen LogP contribution in [0.3, 0.4) is 0 Å². The number of benzene rings is 1. The Morgan fingerprint density at radius 1 is 1.32 bits per heavy atom. The van der Waals surface area contributed by atoms with Crippen molar-refractivity contribution in [2.45, 2.75) is 44.1 Å². The molecule has 0 radical (unpaired) electrons. The number of ether oxygens (including phenoxy) is 2. The first-order chi connectivity index (χ1) is 9.16. The van der Waals surface area contributed by atoms with Crippen LogP contribution < -0.4 is 9.47 Å². The minimum atomic E-state index is -0.295. The van der Waals surface area contributed by atoms with E-state index in [1.165, 1.54) is 17.5 Å². The first-order valence-corrected chi connectivity index (χ1v) is 7.06. The van der Waals surface area contributed by atoms with Crippen LogP contribution in [0.5, 0.6) is 11.5 Å². The van der Waals surface area contributed by atoms with Gasteiger partial charge in [-0.25, -0.2) is 0 Å². The number of carbonyl (C=O) groups is 1. The molecule has 1 heterocycles. The third-order valence-corrected chi connectivity index (χ3v) is 5.39. The molecule has 19 heavy (non-hydrogen) atoms. The van der Waals surface area contributed by atoms with Gasteiger partial charge in [-0.3, -0.25) is 4.79 Å². The van der Waals surface area contributed by atoms with Gasteiger partial charge in [0, 0.05) is 17.4 Å². The van der Waals surface area contributed by atoms with Crippen molar-refractivity contribution >= 4 is 5.78 Å². The van der Waals surface area contributed by atoms with E-state index in [1.54, 1.807) is 7.11 Å². The van der Waals surface area contributed by atoms with Crippen molar-refractivity contribution in [2.75, 3.05) is 7.11 Å². The summed E-state index contributed by atoms with van der Waals surface area (Å²) in [6, 6.07) is 4.11. The molecule has 0 N–H and O–H groups in total. The van der Waals surface area contributed by atoms with Gasteiger partial charge in [0.25, 0.3) is 0 Å². The van der Waals surface area contributed by atoms with Crippen molar-refractivity contribution in [1.29, 1.82) is 0 Å². The fourth-order valence-corrected chi connectivity index (χ4v) is 4.39. The molecule has 2 aliphatic carbocycles. The largest absolute Gasteiger partial charge is 0.493 e. The first-order valence-electron chi connectivity index (χ1n) is 7.06. The van der Waals surface area contributed by atoms with Crippen molar-refractivity contribution in [1.82, 2.24) is 0 Å². The summed E-state index contributed by atoms with van der Waals surface area (Å²) >= 11 is 0. The molecular formula is C16H18O3. The number of hydrogen-bond donors (Lipinski definition) is 0. The minimum Gasteiger partial charge on any atom is -0.493 e. The maximum Gasteiger partial charge on any atom is 0.174 e. The summed E-state index contributed by atoms with van der Waals surface area (Å²) in [6.07, 6.45) is 3.64. The molecule has 3 atom stereocenters. The molecule has 0 aromatic heterocycles. The second-order valence-electron chi connectivity index (χ2n) is 6.15. The molecule has 4 rings (SSSR count). The molecule has 100 valence electrons. The van der Waals surface area contributed by atoms with E-state index in [2.05, 4.69) is 13.0 Å². The Morgan fingerprint density at radius 2 is 2.11 bits per heavy atom. The van der Waals surface area contributed by atoms with Crippen molar-refractivity contribution in [3.8, 4) is 11.5 Å². The quantitative estimate of drug-likeness (QED) is 0.777. The van der Waals surface area contributed by atoms with Gasteiger partial charge < -0.3 is 9.47 Å². The van der Waals surface area contributed by atoms with Crippen LogP contribution >= 0.6 is 0 Å². The number of rotatable bonds is 1. The highest BCUT2D eigenvalue weighted by Crippen LogP contribution is 2.59. The molecule has 1 fully saturated rings. The normalized spacial score (nSPS) is 34.7.